The van der Waals surface area contributed by atoms with E-state index in [1.807, 2.05) is 62.3 Å². The maximum absolute atomic E-state index is 14.6. The van der Waals surface area contributed by atoms with E-state index in [1.54, 1.807) is 19.1 Å². The van der Waals surface area contributed by atoms with Gasteiger partial charge in [0.05, 0.1) is 53.7 Å². The van der Waals surface area contributed by atoms with Crippen LogP contribution in [0.25, 0.3) is 0 Å². The SMILES string of the molecule is CCC(C(=O)[C@@H](C)[C@@H](O)[C@H](C)[C@@H]1O[C@@H]([C@@H](CC)C(=O)O)CC[C@@H]1C)[C@H]1O[C@]2(C=CC(NC(=O)NC(=O)C(Cl)(Cl)Cl)[C@]3(CC[C@@](C)([C@H]4CC[C@](O)(CC)[C@H](C)O4)O3)O2)[C@H](C)C[C@@H]1C. The topological polar surface area (TPSA) is 199 Å². The first kappa shape index (κ1) is 51.4. The van der Waals surface area contributed by atoms with Crippen molar-refractivity contribution < 1.29 is 58.2 Å². The van der Waals surface area contributed by atoms with Gasteiger partial charge in [-0.05, 0) is 89.5 Å². The minimum atomic E-state index is -2.39. The van der Waals surface area contributed by atoms with Gasteiger partial charge in [0, 0.05) is 30.1 Å². The van der Waals surface area contributed by atoms with E-state index in [0.29, 0.717) is 51.4 Å². The number of rotatable bonds is 13. The highest BCUT2D eigenvalue weighted by Crippen LogP contribution is 2.54. The summed E-state index contributed by atoms with van der Waals surface area (Å²) < 4.78 is 31.7. The molecule has 0 saturated carbocycles. The molecule has 0 aliphatic carbocycles. The lowest BCUT2D eigenvalue weighted by Gasteiger charge is -2.55. The molecule has 2 unspecified atom stereocenters. The fourth-order valence-corrected chi connectivity index (χ4v) is 11.2. The molecule has 5 N–H and O–H groups in total. The fourth-order valence-electron chi connectivity index (χ4n) is 11.0. The number of hydrogen-bond donors (Lipinski definition) is 5. The van der Waals surface area contributed by atoms with Gasteiger partial charge in [-0.1, -0.05) is 96.3 Å². The number of nitrogens with one attached hydrogen (secondary N) is 2. The fraction of sp³-hybridized carbons (Fsp3) is 0.867. The van der Waals surface area contributed by atoms with Crippen LogP contribution in [0.2, 0.25) is 0 Å². The molecule has 5 aliphatic heterocycles. The smallest absolute Gasteiger partial charge is 0.322 e. The average molecular weight is 938 g/mol. The van der Waals surface area contributed by atoms with E-state index < -0.39 is 111 Å². The summed E-state index contributed by atoms with van der Waals surface area (Å²) >= 11 is 17.2. The second-order valence-corrected chi connectivity index (χ2v) is 21.7. The number of carboxylic acid groups (broad SMARTS) is 1. The standard InChI is InChI=1S/C45H71Cl3N2O12/c1-11-29(38(53)54)31-15-14-23(4)36(59-31)27(8)34(51)26(7)35(52)30(12-2)37-24(5)22-25(6)43(60-37)19-16-32(49-40(56)50-39(55)45(46,47)48)44(62-43)21-20-41(10,61-44)33-17-18-42(57,13-3)28(9)58-33/h16,19,23-34,36-37,51,57H,11-15,17-18,20-22H2,1-10H3,(H,53,54)(H2,49,50,55,56)/t23-,24-,25+,26-,27-,28-,29+,30?,31+,32?,33+,34+,36+,37-,41-,42+,43-,44-/m0/s1. The van der Waals surface area contributed by atoms with Crippen LogP contribution in [0.4, 0.5) is 4.79 Å². The first-order valence-electron chi connectivity index (χ1n) is 22.7. The van der Waals surface area contributed by atoms with Gasteiger partial charge in [0.1, 0.15) is 11.8 Å². The van der Waals surface area contributed by atoms with Gasteiger partial charge < -0.3 is 44.3 Å². The van der Waals surface area contributed by atoms with E-state index in [2.05, 4.69) is 10.6 Å². The van der Waals surface area contributed by atoms with Gasteiger partial charge in [-0.2, -0.15) is 0 Å². The van der Waals surface area contributed by atoms with Crippen molar-refractivity contribution in [1.82, 2.24) is 10.6 Å². The van der Waals surface area contributed by atoms with Crippen LogP contribution in [0.3, 0.4) is 0 Å². The molecule has 354 valence electrons. The molecule has 0 aromatic rings. The lowest BCUT2D eigenvalue weighted by molar-refractivity contribution is -0.397. The van der Waals surface area contributed by atoms with Gasteiger partial charge in [0.25, 0.3) is 9.70 Å². The third kappa shape index (κ3) is 10.3. The van der Waals surface area contributed by atoms with E-state index >= 15 is 0 Å². The number of aliphatic hydroxyl groups excluding tert-OH is 1. The summed E-state index contributed by atoms with van der Waals surface area (Å²) in [5.74, 6) is -7.99. The van der Waals surface area contributed by atoms with Gasteiger partial charge in [-0.25, -0.2) is 4.79 Å². The Kier molecular flexibility index (Phi) is 16.3. The number of imide groups is 1. The Hall–Kier alpha value is -1.59. The number of carbonyl (C=O) groups excluding carboxylic acids is 3. The molecule has 5 rings (SSSR count). The molecular formula is C45H71Cl3N2O12. The molecule has 0 radical (unpaired) electrons. The second kappa shape index (κ2) is 19.7. The number of Topliss-reactive ketones (excluding diaryl/α,β-unsaturated/α-hetero) is 1. The molecule has 5 aliphatic rings. The van der Waals surface area contributed by atoms with Gasteiger partial charge >= 0.3 is 12.0 Å². The summed E-state index contributed by atoms with van der Waals surface area (Å²) in [4.78, 5) is 52.4. The Morgan fingerprint density at radius 1 is 0.887 bits per heavy atom. The summed E-state index contributed by atoms with van der Waals surface area (Å²) in [6.45, 7) is 19.1. The molecule has 0 aromatic carbocycles. The second-order valence-electron chi connectivity index (χ2n) is 19.4. The van der Waals surface area contributed by atoms with Crippen molar-refractivity contribution in [2.45, 2.75) is 203 Å². The van der Waals surface area contributed by atoms with E-state index in [1.165, 1.54) is 0 Å². The quantitative estimate of drug-likeness (QED) is 0.0908. The maximum atomic E-state index is 14.6. The Labute approximate surface area is 382 Å². The Morgan fingerprint density at radius 3 is 2.13 bits per heavy atom. The minimum absolute atomic E-state index is 0.0591. The Balaban J connectivity index is 1.41. The van der Waals surface area contributed by atoms with Crippen molar-refractivity contribution in [3.63, 3.8) is 0 Å². The van der Waals surface area contributed by atoms with Crippen LogP contribution in [0.1, 0.15) is 133 Å². The molecule has 4 fully saturated rings. The molecule has 17 heteroatoms. The monoisotopic (exact) mass is 936 g/mol. The molecule has 5 heterocycles. The summed E-state index contributed by atoms with van der Waals surface area (Å²) in [6.07, 6.45) is 5.05. The van der Waals surface area contributed by atoms with Crippen LogP contribution in [0.15, 0.2) is 12.2 Å². The van der Waals surface area contributed by atoms with Crippen molar-refractivity contribution in [3.8, 4) is 0 Å². The molecule has 0 bridgehead atoms. The molecule has 2 spiro atoms. The molecule has 4 saturated heterocycles. The highest BCUT2D eigenvalue weighted by molar-refractivity contribution is 6.76. The Bertz CT molecular complexity index is 1670. The van der Waals surface area contributed by atoms with Crippen LogP contribution in [0, 0.1) is 41.4 Å². The third-order valence-corrected chi connectivity index (χ3v) is 15.8. The third-order valence-electron chi connectivity index (χ3n) is 15.3. The van der Waals surface area contributed by atoms with Crippen LogP contribution in [-0.2, 0) is 38.1 Å². The number of halogens is 3. The van der Waals surface area contributed by atoms with Crippen LogP contribution < -0.4 is 10.6 Å². The summed E-state index contributed by atoms with van der Waals surface area (Å²) in [6, 6.07) is -1.91. The molecule has 14 nitrogen and oxygen atoms in total. The first-order valence-corrected chi connectivity index (χ1v) is 23.9. The molecular weight excluding hydrogens is 867 g/mol. The van der Waals surface area contributed by atoms with Gasteiger partial charge in [-0.3, -0.25) is 19.7 Å². The minimum Gasteiger partial charge on any atom is -0.481 e. The summed E-state index contributed by atoms with van der Waals surface area (Å²) in [5.41, 5.74) is -1.91. The zero-order valence-electron chi connectivity index (χ0n) is 38.0. The molecule has 3 amide bonds. The largest absolute Gasteiger partial charge is 0.481 e. The number of alkyl halides is 3. The van der Waals surface area contributed by atoms with Crippen molar-refractivity contribution in [1.29, 1.82) is 0 Å². The van der Waals surface area contributed by atoms with Gasteiger partial charge in [0.2, 0.25) is 0 Å². The van der Waals surface area contributed by atoms with Crippen molar-refractivity contribution in [3.05, 3.63) is 12.2 Å². The number of amides is 3. The zero-order valence-corrected chi connectivity index (χ0v) is 40.2. The zero-order chi connectivity index (χ0) is 46.3. The number of aliphatic hydroxyl groups is 2. The number of ketones is 1. The highest BCUT2D eigenvalue weighted by Gasteiger charge is 2.63. The lowest BCUT2D eigenvalue weighted by Crippen LogP contribution is -2.66. The predicted molar refractivity (Wildman–Crippen MR) is 233 cm³/mol. The van der Waals surface area contributed by atoms with Crippen LogP contribution in [0.5, 0.6) is 0 Å². The van der Waals surface area contributed by atoms with E-state index in [9.17, 15) is 34.5 Å². The lowest BCUT2D eigenvalue weighted by atomic mass is 9.72. The molecule has 0 aromatic heterocycles. The van der Waals surface area contributed by atoms with E-state index in [4.69, 9.17) is 58.5 Å². The molecule has 62 heavy (non-hydrogen) atoms. The average Bonchev–Trinajstić information content (AvgIpc) is 3.55. The number of carboxylic acids is 1. The first-order chi connectivity index (χ1) is 28.8. The normalized spacial score (nSPS) is 41.2. The maximum Gasteiger partial charge on any atom is 0.322 e. The van der Waals surface area contributed by atoms with Crippen LogP contribution in [-0.4, -0.2) is 108 Å². The van der Waals surface area contributed by atoms with Gasteiger partial charge in [-0.15, -0.1) is 0 Å². The van der Waals surface area contributed by atoms with Crippen molar-refractivity contribution >= 4 is 58.5 Å². The van der Waals surface area contributed by atoms with Crippen molar-refractivity contribution in [2.75, 3.05) is 0 Å². The van der Waals surface area contributed by atoms with E-state index in [0.717, 1.165) is 6.42 Å². The van der Waals surface area contributed by atoms with Crippen LogP contribution >= 0.6 is 34.8 Å². The van der Waals surface area contributed by atoms with Crippen molar-refractivity contribution in [2.24, 2.45) is 41.4 Å². The van der Waals surface area contributed by atoms with E-state index in [-0.39, 0.29) is 30.0 Å². The summed E-state index contributed by atoms with van der Waals surface area (Å²) in [5, 5.41) is 37.7. The predicted octanol–water partition coefficient (Wildman–Crippen LogP) is 7.39. The summed E-state index contributed by atoms with van der Waals surface area (Å²) in [7, 11) is 0. The number of carbonyl (C=O) groups is 4. The number of urea groups is 1. The number of hydrogen-bond acceptors (Lipinski definition) is 11. The van der Waals surface area contributed by atoms with Gasteiger partial charge in [0.15, 0.2) is 11.6 Å². The number of aliphatic carboxylic acids is 1. The highest BCUT2D eigenvalue weighted by atomic mass is 35.6. The molecule has 18 atom stereocenters. The number of ether oxygens (including phenoxy) is 5. The Morgan fingerprint density at radius 2 is 1.55 bits per heavy atom.